The zero-order valence-electron chi connectivity index (χ0n) is 13.0. The number of rotatable bonds is 4. The third-order valence-corrected chi connectivity index (χ3v) is 6.31. The number of hydrogen-bond acceptors (Lipinski definition) is 2. The second kappa shape index (κ2) is 7.42. The summed E-state index contributed by atoms with van der Waals surface area (Å²) in [6.45, 7) is 8.33. The summed E-state index contributed by atoms with van der Waals surface area (Å²) >= 11 is 5.39. The second-order valence-corrected chi connectivity index (χ2v) is 9.73. The first-order valence-electron chi connectivity index (χ1n) is 7.93. The molecule has 1 saturated carbocycles. The van der Waals surface area contributed by atoms with E-state index in [2.05, 4.69) is 54.2 Å². The van der Waals surface area contributed by atoms with Gasteiger partial charge < -0.3 is 5.32 Å². The molecule has 0 spiro atoms. The summed E-state index contributed by atoms with van der Waals surface area (Å²) in [7, 11) is 0. The van der Waals surface area contributed by atoms with E-state index in [9.17, 15) is 0 Å². The summed E-state index contributed by atoms with van der Waals surface area (Å²) < 4.78 is 1.25. The Balaban J connectivity index is 1.71. The van der Waals surface area contributed by atoms with Gasteiger partial charge in [-0.3, -0.25) is 0 Å². The average molecular weight is 358 g/mol. The van der Waals surface area contributed by atoms with Gasteiger partial charge in [0, 0.05) is 17.5 Å². The van der Waals surface area contributed by atoms with Crippen molar-refractivity contribution in [1.82, 2.24) is 5.32 Å². The molecule has 1 N–H and O–H groups in total. The lowest BCUT2D eigenvalue weighted by Crippen LogP contribution is -2.30. The second-order valence-electron chi connectivity index (χ2n) is 7.18. The Morgan fingerprint density at radius 1 is 1.20 bits per heavy atom. The number of thiophene rings is 1. The smallest absolute Gasteiger partial charge is 0.0701 e. The van der Waals surface area contributed by atoms with Crippen molar-refractivity contribution in [2.75, 3.05) is 6.54 Å². The summed E-state index contributed by atoms with van der Waals surface area (Å²) in [4.78, 5) is 1.48. The summed E-state index contributed by atoms with van der Waals surface area (Å²) in [6.07, 6.45) is 8.08. The molecule has 0 radical (unpaired) electrons. The molecule has 2 unspecified atom stereocenters. The van der Waals surface area contributed by atoms with Crippen LogP contribution >= 0.6 is 27.3 Å². The Morgan fingerprint density at radius 3 is 2.65 bits per heavy atom. The van der Waals surface area contributed by atoms with Gasteiger partial charge in [-0.2, -0.15) is 0 Å². The summed E-state index contributed by atoms with van der Waals surface area (Å²) in [5.74, 6) is 0.905. The minimum absolute atomic E-state index is 0.484. The van der Waals surface area contributed by atoms with Gasteiger partial charge in [0.2, 0.25) is 0 Å². The molecular formula is C17H28BrNS. The van der Waals surface area contributed by atoms with E-state index in [0.29, 0.717) is 5.41 Å². The monoisotopic (exact) mass is 357 g/mol. The molecule has 20 heavy (non-hydrogen) atoms. The van der Waals surface area contributed by atoms with Crippen molar-refractivity contribution in [2.45, 2.75) is 65.3 Å². The fourth-order valence-corrected chi connectivity index (χ4v) is 4.74. The van der Waals surface area contributed by atoms with Gasteiger partial charge in [0.05, 0.1) is 3.79 Å². The van der Waals surface area contributed by atoms with E-state index in [4.69, 9.17) is 0 Å². The Morgan fingerprint density at radius 2 is 2.00 bits per heavy atom. The van der Waals surface area contributed by atoms with Crippen LogP contribution in [-0.4, -0.2) is 12.6 Å². The highest BCUT2D eigenvalue weighted by molar-refractivity contribution is 9.11. The van der Waals surface area contributed by atoms with Crippen molar-refractivity contribution in [3.8, 4) is 0 Å². The maximum absolute atomic E-state index is 3.78. The molecule has 0 aliphatic heterocycles. The molecule has 1 aliphatic rings. The lowest BCUT2D eigenvalue weighted by atomic mass is 9.76. The molecule has 1 heterocycles. The maximum Gasteiger partial charge on any atom is 0.0701 e. The van der Waals surface area contributed by atoms with Crippen molar-refractivity contribution >= 4 is 27.3 Å². The van der Waals surface area contributed by atoms with Gasteiger partial charge >= 0.3 is 0 Å². The Bertz CT molecular complexity index is 407. The van der Waals surface area contributed by atoms with E-state index in [1.807, 2.05) is 11.3 Å². The highest BCUT2D eigenvalue weighted by atomic mass is 79.9. The van der Waals surface area contributed by atoms with Crippen LogP contribution in [0.2, 0.25) is 0 Å². The molecule has 2 atom stereocenters. The van der Waals surface area contributed by atoms with Crippen molar-refractivity contribution in [1.29, 1.82) is 0 Å². The average Bonchev–Trinajstić information content (AvgIpc) is 2.63. The summed E-state index contributed by atoms with van der Waals surface area (Å²) in [6, 6.07) is 5.13. The quantitative estimate of drug-likeness (QED) is 0.687. The largest absolute Gasteiger partial charge is 0.314 e. The molecule has 1 aromatic heterocycles. The van der Waals surface area contributed by atoms with Crippen molar-refractivity contribution in [3.05, 3.63) is 20.8 Å². The van der Waals surface area contributed by atoms with Gasteiger partial charge in [0.1, 0.15) is 0 Å². The number of hydrogen-bond donors (Lipinski definition) is 1. The first-order chi connectivity index (χ1) is 9.45. The van der Waals surface area contributed by atoms with Crippen LogP contribution in [0.1, 0.15) is 57.8 Å². The number of nitrogens with one attached hydrogen (secondary N) is 1. The first kappa shape index (κ1) is 16.5. The molecule has 0 aromatic carbocycles. The van der Waals surface area contributed by atoms with Crippen LogP contribution in [0.5, 0.6) is 0 Å². The van der Waals surface area contributed by atoms with Crippen molar-refractivity contribution < 1.29 is 0 Å². The third-order valence-electron chi connectivity index (χ3n) is 4.63. The maximum atomic E-state index is 3.78. The minimum Gasteiger partial charge on any atom is -0.314 e. The lowest BCUT2D eigenvalue weighted by Gasteiger charge is -2.29. The summed E-state index contributed by atoms with van der Waals surface area (Å²) in [5.41, 5.74) is 0.484. The van der Waals surface area contributed by atoms with Gasteiger partial charge in [-0.25, -0.2) is 0 Å². The standard InChI is InChI=1S/C17H28BrNS/c1-17(2,3)13-5-4-6-14(8-7-13)19-12-11-15-9-10-16(18)20-15/h9-10,13-14,19H,4-8,11-12H2,1-3H3. The topological polar surface area (TPSA) is 12.0 Å². The minimum atomic E-state index is 0.484. The van der Waals surface area contributed by atoms with E-state index in [1.54, 1.807) is 0 Å². The third kappa shape index (κ3) is 5.16. The van der Waals surface area contributed by atoms with Gasteiger partial charge in [0.15, 0.2) is 0 Å². The van der Waals surface area contributed by atoms with Crippen LogP contribution in [0, 0.1) is 11.3 Å². The Hall–Kier alpha value is 0.140. The molecule has 114 valence electrons. The molecular weight excluding hydrogens is 330 g/mol. The Labute approximate surface area is 136 Å². The van der Waals surface area contributed by atoms with E-state index in [0.717, 1.165) is 24.9 Å². The van der Waals surface area contributed by atoms with Crippen LogP contribution in [0.25, 0.3) is 0 Å². The van der Waals surface area contributed by atoms with Crippen molar-refractivity contribution in [2.24, 2.45) is 11.3 Å². The summed E-state index contributed by atoms with van der Waals surface area (Å²) in [5, 5.41) is 3.78. The van der Waals surface area contributed by atoms with E-state index < -0.39 is 0 Å². The highest BCUT2D eigenvalue weighted by Gasteiger charge is 2.27. The van der Waals surface area contributed by atoms with Crippen molar-refractivity contribution in [3.63, 3.8) is 0 Å². The molecule has 0 saturated heterocycles. The van der Waals surface area contributed by atoms with Gasteiger partial charge in [-0.05, 0) is 71.5 Å². The fourth-order valence-electron chi connectivity index (χ4n) is 3.26. The zero-order chi connectivity index (χ0) is 14.6. The fraction of sp³-hybridized carbons (Fsp3) is 0.765. The highest BCUT2D eigenvalue weighted by Crippen LogP contribution is 2.36. The van der Waals surface area contributed by atoms with Crippen LogP contribution in [0.15, 0.2) is 15.9 Å². The van der Waals surface area contributed by atoms with Gasteiger partial charge in [-0.15, -0.1) is 11.3 Å². The molecule has 0 bridgehead atoms. The molecule has 0 amide bonds. The zero-order valence-corrected chi connectivity index (χ0v) is 15.4. The van der Waals surface area contributed by atoms with E-state index in [-0.39, 0.29) is 0 Å². The van der Waals surface area contributed by atoms with Gasteiger partial charge in [-0.1, -0.05) is 27.2 Å². The van der Waals surface area contributed by atoms with E-state index >= 15 is 0 Å². The predicted molar refractivity (Wildman–Crippen MR) is 93.5 cm³/mol. The molecule has 1 aromatic rings. The molecule has 3 heteroatoms. The van der Waals surface area contributed by atoms with Crippen LogP contribution < -0.4 is 5.32 Å². The predicted octanol–water partition coefficient (Wildman–Crippen LogP) is 5.64. The van der Waals surface area contributed by atoms with Crippen LogP contribution in [-0.2, 0) is 6.42 Å². The normalized spacial score (nSPS) is 24.6. The van der Waals surface area contributed by atoms with Gasteiger partial charge in [0.25, 0.3) is 0 Å². The van der Waals surface area contributed by atoms with Crippen LogP contribution in [0.3, 0.4) is 0 Å². The number of halogens is 1. The van der Waals surface area contributed by atoms with Crippen LogP contribution in [0.4, 0.5) is 0 Å². The lowest BCUT2D eigenvalue weighted by molar-refractivity contribution is 0.213. The molecule has 1 aliphatic carbocycles. The first-order valence-corrected chi connectivity index (χ1v) is 9.53. The Kier molecular flexibility index (Phi) is 6.12. The molecule has 1 nitrogen and oxygen atoms in total. The SMILES string of the molecule is CC(C)(C)C1CCCC(NCCc2ccc(Br)s2)CC1. The molecule has 2 rings (SSSR count). The molecule has 1 fully saturated rings. The van der Waals surface area contributed by atoms with E-state index in [1.165, 1.54) is 40.8 Å².